The fourth-order valence-corrected chi connectivity index (χ4v) is 7.00. The normalized spacial score (nSPS) is 19.4. The van der Waals surface area contributed by atoms with E-state index in [9.17, 15) is 14.0 Å². The Morgan fingerprint density at radius 2 is 1.67 bits per heavy atom. The minimum atomic E-state index is -1.02. The second-order valence-corrected chi connectivity index (χ2v) is 13.0. The summed E-state index contributed by atoms with van der Waals surface area (Å²) in [6, 6.07) is 16.6. The van der Waals surface area contributed by atoms with Gasteiger partial charge >= 0.3 is 11.9 Å². The van der Waals surface area contributed by atoms with Crippen LogP contribution in [0, 0.1) is 11.7 Å². The maximum absolute atomic E-state index is 14.4. The van der Waals surface area contributed by atoms with Crippen LogP contribution in [0.15, 0.2) is 79.1 Å². The second kappa shape index (κ2) is 15.4. The molecule has 49 heavy (non-hydrogen) atoms. The van der Waals surface area contributed by atoms with Crippen molar-refractivity contribution in [3.8, 4) is 11.5 Å². The molecule has 7 rings (SSSR count). The molecule has 3 saturated heterocycles. The first-order chi connectivity index (χ1) is 23.7. The third-order valence-electron chi connectivity index (χ3n) is 9.11. The van der Waals surface area contributed by atoms with Gasteiger partial charge in [0.05, 0.1) is 19.8 Å². The lowest BCUT2D eigenvalue weighted by Crippen LogP contribution is -2.52. The number of esters is 2. The smallest absolute Gasteiger partial charge is 0.338 e. The molecule has 3 aromatic carbocycles. The number of benzene rings is 3. The molecule has 1 unspecified atom stereocenters. The summed E-state index contributed by atoms with van der Waals surface area (Å²) in [6.45, 7) is 2.70. The number of ether oxygens (including phenoxy) is 4. The van der Waals surface area contributed by atoms with E-state index in [1.807, 2.05) is 0 Å². The van der Waals surface area contributed by atoms with E-state index in [-0.39, 0.29) is 18.1 Å². The van der Waals surface area contributed by atoms with Crippen molar-refractivity contribution in [1.29, 1.82) is 0 Å². The SMILES string of the molecule is COc1ccc([C@H](Cc2c(Cl)c[nH+]cc2Cl)OC(=O)c2cccc(NC(C(=O)O[C@H]3CN4CCC3CC4)c3cccc(F)c3)c2)cc1OC. The van der Waals surface area contributed by atoms with E-state index >= 15 is 0 Å². The summed E-state index contributed by atoms with van der Waals surface area (Å²) in [7, 11) is 3.05. The molecule has 0 radical (unpaired) electrons. The number of nitrogens with zero attached hydrogens (tertiary/aromatic N) is 1. The number of pyridine rings is 1. The largest absolute Gasteiger partial charge is 0.493 e. The lowest BCUT2D eigenvalue weighted by atomic mass is 9.86. The molecule has 0 spiro atoms. The van der Waals surface area contributed by atoms with Crippen molar-refractivity contribution in [3.63, 3.8) is 0 Å². The summed E-state index contributed by atoms with van der Waals surface area (Å²) >= 11 is 13.0. The van der Waals surface area contributed by atoms with Crippen molar-refractivity contribution in [2.24, 2.45) is 5.92 Å². The van der Waals surface area contributed by atoms with Crippen LogP contribution < -0.4 is 19.8 Å². The van der Waals surface area contributed by atoms with Crippen LogP contribution in [0.2, 0.25) is 10.0 Å². The molecular formula is C37H37Cl2FN3O6+. The Hall–Kier alpha value is -4.38. The van der Waals surface area contributed by atoms with E-state index in [1.165, 1.54) is 26.4 Å². The second-order valence-electron chi connectivity index (χ2n) is 12.2. The summed E-state index contributed by atoms with van der Waals surface area (Å²) in [5.41, 5.74) is 2.28. The standard InChI is InChI=1S/C37H36Cl2FN3O6/c1-46-31-10-9-23(17-33(31)47-2)32(18-28-29(38)19-41-20-30(28)39)48-36(44)25-6-4-8-27(16-25)42-35(24-5-3-7-26(40)15-24)37(45)49-34-21-43-13-11-22(34)12-14-43/h3-10,15-17,19-20,22,32,34-35,42H,11-14,18,21H2,1-2H3/p+1/t32-,34-,35?/m0/s1. The molecule has 3 fully saturated rings. The zero-order chi connectivity index (χ0) is 34.5. The Morgan fingerprint density at radius 1 is 0.939 bits per heavy atom. The van der Waals surface area contributed by atoms with E-state index in [4.69, 9.17) is 42.1 Å². The fraction of sp³-hybridized carbons (Fsp3) is 0.324. The third-order valence-corrected chi connectivity index (χ3v) is 9.78. The van der Waals surface area contributed by atoms with Crippen LogP contribution in [0.3, 0.4) is 0 Å². The summed E-state index contributed by atoms with van der Waals surface area (Å²) in [6.07, 6.45) is 4.27. The molecule has 0 aliphatic carbocycles. The Bertz CT molecular complexity index is 1800. The van der Waals surface area contributed by atoms with E-state index in [1.54, 1.807) is 67.0 Å². The Kier molecular flexibility index (Phi) is 10.9. The van der Waals surface area contributed by atoms with Gasteiger partial charge in [-0.1, -0.05) is 47.5 Å². The summed E-state index contributed by atoms with van der Waals surface area (Å²) < 4.78 is 37.4. The first kappa shape index (κ1) is 34.5. The summed E-state index contributed by atoms with van der Waals surface area (Å²) in [5, 5.41) is 3.95. The minimum absolute atomic E-state index is 0.165. The number of halogens is 3. The molecule has 256 valence electrons. The zero-order valence-electron chi connectivity index (χ0n) is 27.1. The van der Waals surface area contributed by atoms with Gasteiger partial charge in [0, 0.05) is 24.2 Å². The molecule has 0 amide bonds. The number of anilines is 1. The number of carbonyl (C=O) groups excluding carboxylic acids is 2. The highest BCUT2D eigenvalue weighted by Gasteiger charge is 2.38. The van der Waals surface area contributed by atoms with Gasteiger partial charge in [-0.3, -0.25) is 4.90 Å². The predicted molar refractivity (Wildman–Crippen MR) is 183 cm³/mol. The van der Waals surface area contributed by atoms with Gasteiger partial charge in [-0.25, -0.2) is 19.0 Å². The van der Waals surface area contributed by atoms with Crippen molar-refractivity contribution in [1.82, 2.24) is 4.90 Å². The van der Waals surface area contributed by atoms with Gasteiger partial charge in [0.15, 0.2) is 29.9 Å². The maximum atomic E-state index is 14.4. The molecular weight excluding hydrogens is 672 g/mol. The minimum Gasteiger partial charge on any atom is -0.493 e. The molecule has 0 saturated carbocycles. The molecule has 4 heterocycles. The Morgan fingerprint density at radius 3 is 2.35 bits per heavy atom. The number of aromatic amines is 1. The van der Waals surface area contributed by atoms with Gasteiger partial charge in [0.2, 0.25) is 0 Å². The first-order valence-corrected chi connectivity index (χ1v) is 16.8. The number of rotatable bonds is 12. The molecule has 12 heteroatoms. The van der Waals surface area contributed by atoms with Crippen molar-refractivity contribution < 1.29 is 37.9 Å². The van der Waals surface area contributed by atoms with E-state index < -0.39 is 29.9 Å². The number of nitrogens with one attached hydrogen (secondary N) is 2. The van der Waals surface area contributed by atoms with Crippen LogP contribution in [-0.2, 0) is 20.7 Å². The van der Waals surface area contributed by atoms with Crippen molar-refractivity contribution in [2.45, 2.75) is 37.5 Å². The number of piperidine rings is 3. The van der Waals surface area contributed by atoms with Gasteiger partial charge in [0.1, 0.15) is 28.1 Å². The highest BCUT2D eigenvalue weighted by Crippen LogP contribution is 2.36. The van der Waals surface area contributed by atoms with E-state index in [2.05, 4.69) is 15.2 Å². The number of fused-ring (bicyclic) bond motifs is 3. The Labute approximate surface area is 294 Å². The third kappa shape index (κ3) is 8.09. The summed E-state index contributed by atoms with van der Waals surface area (Å²) in [4.78, 5) is 32.6. The van der Waals surface area contributed by atoms with Gasteiger partial charge < -0.3 is 24.3 Å². The van der Waals surface area contributed by atoms with Crippen molar-refractivity contribution in [3.05, 3.63) is 117 Å². The number of hydrogen-bond donors (Lipinski definition) is 1. The van der Waals surface area contributed by atoms with Crippen molar-refractivity contribution in [2.75, 3.05) is 39.2 Å². The van der Waals surface area contributed by atoms with Gasteiger partial charge in [-0.15, -0.1) is 0 Å². The number of aromatic nitrogens is 1. The van der Waals surface area contributed by atoms with Crippen molar-refractivity contribution >= 4 is 40.8 Å². The number of methoxy groups -OCH3 is 2. The monoisotopic (exact) mass is 708 g/mol. The highest BCUT2D eigenvalue weighted by molar-refractivity contribution is 6.35. The number of carbonyl (C=O) groups is 2. The van der Waals surface area contributed by atoms with E-state index in [0.717, 1.165) is 25.9 Å². The number of hydrogen-bond acceptors (Lipinski definition) is 8. The molecule has 3 atom stereocenters. The van der Waals surface area contributed by atoms with Gasteiger partial charge in [-0.2, -0.15) is 0 Å². The lowest BCUT2D eigenvalue weighted by molar-refractivity contribution is -0.377. The average Bonchev–Trinajstić information content (AvgIpc) is 3.12. The lowest BCUT2D eigenvalue weighted by Gasteiger charge is -2.44. The molecule has 2 N–H and O–H groups in total. The highest BCUT2D eigenvalue weighted by atomic mass is 35.5. The molecule has 3 aliphatic rings. The number of H-pyrrole nitrogens is 1. The van der Waals surface area contributed by atoms with Crippen LogP contribution in [0.5, 0.6) is 11.5 Å². The quantitative estimate of drug-likeness (QED) is 0.159. The van der Waals surface area contributed by atoms with E-state index in [0.29, 0.717) is 56.4 Å². The fourth-order valence-electron chi connectivity index (χ4n) is 6.46. The molecule has 4 aromatic rings. The van der Waals surface area contributed by atoms with Crippen LogP contribution >= 0.6 is 23.2 Å². The summed E-state index contributed by atoms with van der Waals surface area (Å²) in [5.74, 6) is -0.345. The molecule has 3 aliphatic heterocycles. The predicted octanol–water partition coefficient (Wildman–Crippen LogP) is 6.90. The van der Waals surface area contributed by atoms with Crippen LogP contribution in [0.4, 0.5) is 10.1 Å². The zero-order valence-corrected chi connectivity index (χ0v) is 28.6. The van der Waals surface area contributed by atoms with Crippen LogP contribution in [0.25, 0.3) is 0 Å². The average molecular weight is 710 g/mol. The molecule has 9 nitrogen and oxygen atoms in total. The van der Waals surface area contributed by atoms with Gasteiger partial charge in [-0.05, 0) is 85.4 Å². The van der Waals surface area contributed by atoms with Gasteiger partial charge in [0.25, 0.3) is 0 Å². The van der Waals surface area contributed by atoms with Crippen LogP contribution in [0.1, 0.15) is 52.0 Å². The first-order valence-electron chi connectivity index (χ1n) is 16.0. The molecule has 1 aromatic heterocycles. The molecule has 2 bridgehead atoms. The van der Waals surface area contributed by atoms with Crippen LogP contribution in [-0.4, -0.2) is 56.8 Å². The maximum Gasteiger partial charge on any atom is 0.338 e. The Balaban J connectivity index is 1.25. The topological polar surface area (TPSA) is 100 Å².